The Labute approximate surface area is 146 Å². The largest absolute Gasteiger partial charge is 0.0991 e. The Kier molecular flexibility index (Phi) is 8.01. The Balaban J connectivity index is 3.73. The summed E-state index contributed by atoms with van der Waals surface area (Å²) in [6, 6.07) is 10.4. The zero-order valence-electron chi connectivity index (χ0n) is 14.5. The molecule has 0 spiro atoms. The van der Waals surface area contributed by atoms with Gasteiger partial charge in [0.2, 0.25) is 0 Å². The molecular formula is C24H26. The van der Waals surface area contributed by atoms with Crippen LogP contribution in [-0.2, 0) is 5.41 Å². The maximum absolute atomic E-state index is 3.87. The third-order valence-electron chi connectivity index (χ3n) is 3.92. The van der Waals surface area contributed by atoms with Crippen molar-refractivity contribution in [2.45, 2.75) is 12.3 Å². The van der Waals surface area contributed by atoms with Gasteiger partial charge in [0.25, 0.3) is 0 Å². The Bertz CT molecular complexity index is 651. The molecule has 0 aliphatic carbocycles. The monoisotopic (exact) mass is 314 g/mol. The maximum Gasteiger partial charge on any atom is 0.0423 e. The molecule has 0 N–H and O–H groups in total. The molecule has 0 heterocycles. The normalized spacial score (nSPS) is 15.2. The van der Waals surface area contributed by atoms with Crippen LogP contribution in [0.4, 0.5) is 0 Å². The number of allylic oxidation sites excluding steroid dienone is 12. The number of rotatable bonds is 9. The summed E-state index contributed by atoms with van der Waals surface area (Å²) >= 11 is 0. The van der Waals surface area contributed by atoms with Crippen molar-refractivity contribution in [1.82, 2.24) is 0 Å². The van der Waals surface area contributed by atoms with Gasteiger partial charge in [0.1, 0.15) is 0 Å². The predicted octanol–water partition coefficient (Wildman–Crippen LogP) is 6.65. The second-order valence-electron chi connectivity index (χ2n) is 5.40. The van der Waals surface area contributed by atoms with Gasteiger partial charge in [-0.05, 0) is 23.6 Å². The standard InChI is InChI=1S/C24H26/c1-6-10-17-21(15-8-3)24(5,23-19-13-12-14-20-23)22(16-9-4)18-11-7-2/h6-20H,1-4H2,5H3/b17-10-,18-11-,21-15+,22-16+. The molecule has 122 valence electrons. The molecule has 0 heteroatoms. The van der Waals surface area contributed by atoms with Crippen molar-refractivity contribution in [3.05, 3.63) is 134 Å². The van der Waals surface area contributed by atoms with Crippen LogP contribution in [0, 0.1) is 0 Å². The first-order chi connectivity index (χ1) is 11.6. The number of hydrogen-bond acceptors (Lipinski definition) is 0. The van der Waals surface area contributed by atoms with Crippen LogP contribution >= 0.6 is 0 Å². The first-order valence-electron chi connectivity index (χ1n) is 7.95. The summed E-state index contributed by atoms with van der Waals surface area (Å²) in [5, 5.41) is 0. The third kappa shape index (κ3) is 4.57. The van der Waals surface area contributed by atoms with Crippen molar-refractivity contribution in [2.75, 3.05) is 0 Å². The van der Waals surface area contributed by atoms with Crippen LogP contribution in [0.25, 0.3) is 0 Å². The highest BCUT2D eigenvalue weighted by atomic mass is 14.3. The molecule has 0 saturated heterocycles. The van der Waals surface area contributed by atoms with Gasteiger partial charge in [0, 0.05) is 5.41 Å². The summed E-state index contributed by atoms with van der Waals surface area (Å²) in [6.45, 7) is 17.5. The van der Waals surface area contributed by atoms with Crippen LogP contribution in [0.1, 0.15) is 12.5 Å². The first-order valence-corrected chi connectivity index (χ1v) is 7.95. The summed E-state index contributed by atoms with van der Waals surface area (Å²) < 4.78 is 0. The summed E-state index contributed by atoms with van der Waals surface area (Å²) in [5.74, 6) is 0. The molecule has 0 radical (unpaired) electrons. The Morgan fingerprint density at radius 2 is 1.21 bits per heavy atom. The van der Waals surface area contributed by atoms with E-state index in [1.54, 1.807) is 12.2 Å². The van der Waals surface area contributed by atoms with Crippen molar-refractivity contribution in [1.29, 1.82) is 0 Å². The lowest BCUT2D eigenvalue weighted by Crippen LogP contribution is -2.26. The van der Waals surface area contributed by atoms with E-state index in [1.165, 1.54) is 5.56 Å². The smallest absolute Gasteiger partial charge is 0.0423 e. The van der Waals surface area contributed by atoms with Crippen molar-refractivity contribution < 1.29 is 0 Å². The van der Waals surface area contributed by atoms with Gasteiger partial charge < -0.3 is 0 Å². The van der Waals surface area contributed by atoms with Gasteiger partial charge in [0.05, 0.1) is 0 Å². The molecule has 0 aliphatic rings. The van der Waals surface area contributed by atoms with Crippen molar-refractivity contribution in [3.63, 3.8) is 0 Å². The van der Waals surface area contributed by atoms with E-state index >= 15 is 0 Å². The minimum absolute atomic E-state index is 0.358. The number of hydrogen-bond donors (Lipinski definition) is 0. The lowest BCUT2D eigenvalue weighted by molar-refractivity contribution is 0.689. The van der Waals surface area contributed by atoms with Crippen LogP contribution in [0.5, 0.6) is 0 Å². The average molecular weight is 314 g/mol. The van der Waals surface area contributed by atoms with Crippen molar-refractivity contribution in [3.8, 4) is 0 Å². The molecule has 0 saturated carbocycles. The quantitative estimate of drug-likeness (QED) is 0.447. The van der Waals surface area contributed by atoms with Gasteiger partial charge in [-0.1, -0.05) is 117 Å². The van der Waals surface area contributed by atoms with E-state index < -0.39 is 0 Å². The SMILES string of the molecule is C=C/C=C\C(=C/C=C)C(C)(C(/C=C\C=C)=C/C=C)c1ccccc1. The molecule has 0 atom stereocenters. The zero-order chi connectivity index (χ0) is 17.8. The summed E-state index contributed by atoms with van der Waals surface area (Å²) in [7, 11) is 0. The van der Waals surface area contributed by atoms with E-state index in [9.17, 15) is 0 Å². The molecule has 0 nitrogen and oxygen atoms in total. The Morgan fingerprint density at radius 1 is 0.750 bits per heavy atom. The first kappa shape index (κ1) is 19.2. The lowest BCUT2D eigenvalue weighted by Gasteiger charge is -2.33. The van der Waals surface area contributed by atoms with Crippen molar-refractivity contribution >= 4 is 0 Å². The van der Waals surface area contributed by atoms with Crippen LogP contribution in [0.2, 0.25) is 0 Å². The van der Waals surface area contributed by atoms with Gasteiger partial charge in [0.15, 0.2) is 0 Å². The van der Waals surface area contributed by atoms with E-state index in [4.69, 9.17) is 0 Å². The lowest BCUT2D eigenvalue weighted by atomic mass is 9.69. The van der Waals surface area contributed by atoms with Gasteiger partial charge in [-0.3, -0.25) is 0 Å². The topological polar surface area (TPSA) is 0 Å². The van der Waals surface area contributed by atoms with Gasteiger partial charge >= 0.3 is 0 Å². The third-order valence-corrected chi connectivity index (χ3v) is 3.92. The molecule has 0 aromatic heterocycles. The molecule has 1 rings (SSSR count). The zero-order valence-corrected chi connectivity index (χ0v) is 14.5. The second-order valence-corrected chi connectivity index (χ2v) is 5.40. The van der Waals surface area contributed by atoms with Crippen LogP contribution in [0.15, 0.2) is 129 Å². The van der Waals surface area contributed by atoms with E-state index in [0.717, 1.165) is 11.1 Å². The highest BCUT2D eigenvalue weighted by molar-refractivity contribution is 5.55. The molecule has 0 amide bonds. The Morgan fingerprint density at radius 3 is 1.58 bits per heavy atom. The number of benzene rings is 1. The van der Waals surface area contributed by atoms with Crippen LogP contribution in [-0.4, -0.2) is 0 Å². The summed E-state index contributed by atoms with van der Waals surface area (Å²) in [5.41, 5.74) is 3.06. The van der Waals surface area contributed by atoms with E-state index in [1.807, 2.05) is 42.5 Å². The highest BCUT2D eigenvalue weighted by Gasteiger charge is 2.32. The molecule has 0 bridgehead atoms. The van der Waals surface area contributed by atoms with E-state index in [0.29, 0.717) is 0 Å². The predicted molar refractivity (Wildman–Crippen MR) is 109 cm³/mol. The molecule has 24 heavy (non-hydrogen) atoms. The minimum atomic E-state index is -0.358. The van der Waals surface area contributed by atoms with E-state index in [-0.39, 0.29) is 5.41 Å². The second kappa shape index (κ2) is 10.0. The molecule has 0 aliphatic heterocycles. The minimum Gasteiger partial charge on any atom is -0.0991 e. The molecule has 0 fully saturated rings. The summed E-state index contributed by atoms with van der Waals surface area (Å²) in [4.78, 5) is 0. The van der Waals surface area contributed by atoms with Crippen LogP contribution in [0.3, 0.4) is 0 Å². The molecular weight excluding hydrogens is 288 g/mol. The fourth-order valence-corrected chi connectivity index (χ4v) is 2.65. The fraction of sp³-hybridized carbons (Fsp3) is 0.0833. The molecule has 0 unspecified atom stereocenters. The molecule has 1 aromatic carbocycles. The fourth-order valence-electron chi connectivity index (χ4n) is 2.65. The molecule has 1 aromatic rings. The van der Waals surface area contributed by atoms with Gasteiger partial charge in [-0.25, -0.2) is 0 Å². The summed E-state index contributed by atoms with van der Waals surface area (Å²) in [6.07, 6.45) is 19.3. The van der Waals surface area contributed by atoms with E-state index in [2.05, 4.69) is 69.7 Å². The van der Waals surface area contributed by atoms with Gasteiger partial charge in [-0.2, -0.15) is 0 Å². The average Bonchev–Trinajstić information content (AvgIpc) is 2.62. The highest BCUT2D eigenvalue weighted by Crippen LogP contribution is 2.40. The maximum atomic E-state index is 3.87. The van der Waals surface area contributed by atoms with Crippen LogP contribution < -0.4 is 0 Å². The Hall–Kier alpha value is -2.86. The van der Waals surface area contributed by atoms with Gasteiger partial charge in [-0.15, -0.1) is 0 Å². The van der Waals surface area contributed by atoms with Crippen molar-refractivity contribution in [2.24, 2.45) is 0 Å².